The number of rotatable bonds is 4. The molecule has 94 valence electrons. The summed E-state index contributed by atoms with van der Waals surface area (Å²) in [5, 5.41) is 4.13. The van der Waals surface area contributed by atoms with Gasteiger partial charge >= 0.3 is 0 Å². The molecule has 0 saturated carbocycles. The van der Waals surface area contributed by atoms with Crippen molar-refractivity contribution in [1.29, 1.82) is 0 Å². The molecule has 2 rings (SSSR count). The van der Waals surface area contributed by atoms with Gasteiger partial charge in [0.1, 0.15) is 0 Å². The van der Waals surface area contributed by atoms with E-state index < -0.39 is 0 Å². The Labute approximate surface area is 114 Å². The van der Waals surface area contributed by atoms with E-state index in [9.17, 15) is 0 Å². The Balaban J connectivity index is 2.43. The van der Waals surface area contributed by atoms with Gasteiger partial charge in [0.2, 0.25) is 0 Å². The minimum Gasteiger partial charge on any atom is -0.316 e. The molecule has 0 spiro atoms. The van der Waals surface area contributed by atoms with Crippen LogP contribution in [0.25, 0.3) is 0 Å². The van der Waals surface area contributed by atoms with E-state index in [0.717, 1.165) is 5.02 Å². The minimum atomic E-state index is 0.315. The standard InChI is InChI=1S/C16H18ClN/c1-12(18-2)16(13-7-4-3-5-8-13)14-9-6-10-15(17)11-14/h3-12,16,18H,1-2H3. The van der Waals surface area contributed by atoms with Crippen LogP contribution in [0.15, 0.2) is 54.6 Å². The molecule has 0 heterocycles. The topological polar surface area (TPSA) is 12.0 Å². The van der Waals surface area contributed by atoms with Gasteiger partial charge in [-0.05, 0) is 37.2 Å². The molecule has 2 unspecified atom stereocenters. The van der Waals surface area contributed by atoms with Crippen LogP contribution in [0.1, 0.15) is 24.0 Å². The smallest absolute Gasteiger partial charge is 0.0408 e. The van der Waals surface area contributed by atoms with Crippen LogP contribution < -0.4 is 5.32 Å². The molecule has 0 aliphatic carbocycles. The third-order valence-corrected chi connectivity index (χ3v) is 3.56. The molecule has 2 aromatic carbocycles. The molecule has 0 aromatic heterocycles. The highest BCUT2D eigenvalue weighted by Gasteiger charge is 2.19. The fourth-order valence-electron chi connectivity index (χ4n) is 2.30. The first-order valence-corrected chi connectivity index (χ1v) is 6.58. The van der Waals surface area contributed by atoms with E-state index in [1.807, 2.05) is 31.3 Å². The van der Waals surface area contributed by atoms with Gasteiger partial charge in [0.05, 0.1) is 0 Å². The Hall–Kier alpha value is -1.31. The number of hydrogen-bond acceptors (Lipinski definition) is 1. The molecule has 0 amide bonds. The molecule has 1 nitrogen and oxygen atoms in total. The van der Waals surface area contributed by atoms with Crippen LogP contribution in [0.5, 0.6) is 0 Å². The number of likely N-dealkylation sites (N-methyl/N-ethyl adjacent to an activating group) is 1. The van der Waals surface area contributed by atoms with E-state index in [4.69, 9.17) is 11.6 Å². The van der Waals surface area contributed by atoms with Crippen LogP contribution in [0.4, 0.5) is 0 Å². The zero-order valence-corrected chi connectivity index (χ0v) is 11.5. The van der Waals surface area contributed by atoms with Gasteiger partial charge in [0.15, 0.2) is 0 Å². The maximum atomic E-state index is 6.10. The van der Waals surface area contributed by atoms with Gasteiger partial charge in [-0.15, -0.1) is 0 Å². The van der Waals surface area contributed by atoms with Gasteiger partial charge in [-0.3, -0.25) is 0 Å². The van der Waals surface area contributed by atoms with E-state index in [0.29, 0.717) is 12.0 Å². The fraction of sp³-hybridized carbons (Fsp3) is 0.250. The molecule has 0 bridgehead atoms. The van der Waals surface area contributed by atoms with Crippen LogP contribution in [-0.2, 0) is 0 Å². The highest BCUT2D eigenvalue weighted by atomic mass is 35.5. The van der Waals surface area contributed by atoms with Crippen molar-refractivity contribution in [2.24, 2.45) is 0 Å². The lowest BCUT2D eigenvalue weighted by Gasteiger charge is -2.25. The molecule has 0 fully saturated rings. The van der Waals surface area contributed by atoms with Crippen molar-refractivity contribution in [3.63, 3.8) is 0 Å². The van der Waals surface area contributed by atoms with Crippen LogP contribution in [0.3, 0.4) is 0 Å². The molecule has 18 heavy (non-hydrogen) atoms. The van der Waals surface area contributed by atoms with Crippen LogP contribution in [-0.4, -0.2) is 13.1 Å². The normalized spacial score (nSPS) is 14.2. The van der Waals surface area contributed by atoms with E-state index in [2.05, 4.69) is 42.6 Å². The maximum absolute atomic E-state index is 6.10. The Morgan fingerprint density at radius 3 is 2.22 bits per heavy atom. The summed E-state index contributed by atoms with van der Waals surface area (Å²) in [5.41, 5.74) is 2.55. The second-order valence-corrected chi connectivity index (χ2v) is 4.96. The molecule has 0 radical (unpaired) electrons. The van der Waals surface area contributed by atoms with Gasteiger partial charge in [-0.1, -0.05) is 54.1 Å². The van der Waals surface area contributed by atoms with Crippen molar-refractivity contribution in [3.05, 3.63) is 70.7 Å². The molecule has 0 saturated heterocycles. The molecular formula is C16H18ClN. The first-order valence-electron chi connectivity index (χ1n) is 6.20. The second-order valence-electron chi connectivity index (χ2n) is 4.52. The Morgan fingerprint density at radius 1 is 0.944 bits per heavy atom. The Kier molecular flexibility index (Phi) is 4.40. The Morgan fingerprint density at radius 2 is 1.61 bits per heavy atom. The SMILES string of the molecule is CNC(C)C(c1ccccc1)c1cccc(Cl)c1. The average molecular weight is 260 g/mol. The van der Waals surface area contributed by atoms with Crippen LogP contribution >= 0.6 is 11.6 Å². The van der Waals surface area contributed by atoms with Gasteiger partial charge in [-0.25, -0.2) is 0 Å². The summed E-state index contributed by atoms with van der Waals surface area (Å²) in [6.07, 6.45) is 0. The predicted octanol–water partition coefficient (Wildman–Crippen LogP) is 4.08. The van der Waals surface area contributed by atoms with E-state index in [1.54, 1.807) is 0 Å². The first-order chi connectivity index (χ1) is 8.72. The largest absolute Gasteiger partial charge is 0.316 e. The zero-order chi connectivity index (χ0) is 13.0. The van der Waals surface area contributed by atoms with E-state index in [1.165, 1.54) is 11.1 Å². The number of halogens is 1. The average Bonchev–Trinajstić information content (AvgIpc) is 2.40. The van der Waals surface area contributed by atoms with Crippen LogP contribution in [0, 0.1) is 0 Å². The van der Waals surface area contributed by atoms with Gasteiger partial charge in [0, 0.05) is 17.0 Å². The lowest BCUT2D eigenvalue weighted by Crippen LogP contribution is -2.29. The minimum absolute atomic E-state index is 0.315. The summed E-state index contributed by atoms with van der Waals surface area (Å²) in [6, 6.07) is 19.0. The summed E-state index contributed by atoms with van der Waals surface area (Å²) >= 11 is 6.10. The number of nitrogens with one attached hydrogen (secondary N) is 1. The lowest BCUT2D eigenvalue weighted by atomic mass is 9.86. The molecule has 2 aromatic rings. The third kappa shape index (κ3) is 2.92. The molecule has 0 aliphatic heterocycles. The monoisotopic (exact) mass is 259 g/mol. The summed E-state index contributed by atoms with van der Waals surface area (Å²) in [4.78, 5) is 0. The molecule has 0 aliphatic rings. The van der Waals surface area contributed by atoms with E-state index in [-0.39, 0.29) is 0 Å². The summed E-state index contributed by atoms with van der Waals surface area (Å²) in [5.74, 6) is 0.315. The Bertz CT molecular complexity index is 495. The van der Waals surface area contributed by atoms with Crippen molar-refractivity contribution in [3.8, 4) is 0 Å². The molecule has 1 N–H and O–H groups in total. The van der Waals surface area contributed by atoms with E-state index >= 15 is 0 Å². The van der Waals surface area contributed by atoms with Gasteiger partial charge < -0.3 is 5.32 Å². The van der Waals surface area contributed by atoms with Gasteiger partial charge in [0.25, 0.3) is 0 Å². The predicted molar refractivity (Wildman–Crippen MR) is 78.3 cm³/mol. The molecule has 2 atom stereocenters. The van der Waals surface area contributed by atoms with Crippen molar-refractivity contribution in [1.82, 2.24) is 5.32 Å². The fourth-order valence-corrected chi connectivity index (χ4v) is 2.50. The van der Waals surface area contributed by atoms with Crippen molar-refractivity contribution < 1.29 is 0 Å². The molecular weight excluding hydrogens is 242 g/mol. The van der Waals surface area contributed by atoms with Crippen molar-refractivity contribution >= 4 is 11.6 Å². The summed E-state index contributed by atoms with van der Waals surface area (Å²) < 4.78 is 0. The molecule has 2 heteroatoms. The zero-order valence-electron chi connectivity index (χ0n) is 10.7. The summed E-state index contributed by atoms with van der Waals surface area (Å²) in [7, 11) is 1.99. The maximum Gasteiger partial charge on any atom is 0.0408 e. The first kappa shape index (κ1) is 13.1. The van der Waals surface area contributed by atoms with Crippen molar-refractivity contribution in [2.75, 3.05) is 7.05 Å². The van der Waals surface area contributed by atoms with Gasteiger partial charge in [-0.2, -0.15) is 0 Å². The highest BCUT2D eigenvalue weighted by Crippen LogP contribution is 2.29. The van der Waals surface area contributed by atoms with Crippen molar-refractivity contribution in [2.45, 2.75) is 18.9 Å². The highest BCUT2D eigenvalue weighted by molar-refractivity contribution is 6.30. The third-order valence-electron chi connectivity index (χ3n) is 3.32. The second kappa shape index (κ2) is 6.03. The lowest BCUT2D eigenvalue weighted by molar-refractivity contribution is 0.547. The van der Waals surface area contributed by atoms with Crippen LogP contribution in [0.2, 0.25) is 5.02 Å². The summed E-state index contributed by atoms with van der Waals surface area (Å²) in [6.45, 7) is 2.19. The number of hydrogen-bond donors (Lipinski definition) is 1. The number of benzene rings is 2. The quantitative estimate of drug-likeness (QED) is 0.873.